The second-order valence-corrected chi connectivity index (χ2v) is 6.09. The molecular weight excluding hydrogens is 300 g/mol. The molecule has 0 saturated heterocycles. The molecule has 22 heavy (non-hydrogen) atoms. The Kier molecular flexibility index (Phi) is 5.27. The number of carbonyl (C=O) groups is 2. The molecule has 2 aromatic rings. The van der Waals surface area contributed by atoms with Crippen molar-refractivity contribution in [1.29, 1.82) is 0 Å². The quantitative estimate of drug-likeness (QED) is 0.857. The second kappa shape index (κ2) is 7.17. The van der Waals surface area contributed by atoms with Crippen molar-refractivity contribution in [1.82, 2.24) is 10.3 Å². The van der Waals surface area contributed by atoms with E-state index in [4.69, 9.17) is 5.11 Å². The zero-order chi connectivity index (χ0) is 16.1. The van der Waals surface area contributed by atoms with Gasteiger partial charge in [-0.05, 0) is 6.92 Å². The van der Waals surface area contributed by atoms with Crippen molar-refractivity contribution in [3.05, 3.63) is 40.9 Å². The predicted molar refractivity (Wildman–Crippen MR) is 85.8 cm³/mol. The number of carboxylic acid groups (broad SMARTS) is 1. The van der Waals surface area contributed by atoms with Gasteiger partial charge in [-0.25, -0.2) is 4.98 Å². The highest BCUT2D eigenvalue weighted by Gasteiger charge is 2.13. The SMILES string of the molecule is Cc1ccc(-c2nc(CC(=O)NCC(C)C(=O)O)cs2)cc1. The Labute approximate surface area is 133 Å². The van der Waals surface area contributed by atoms with Crippen molar-refractivity contribution >= 4 is 23.2 Å². The number of hydrogen-bond acceptors (Lipinski definition) is 4. The number of carbonyl (C=O) groups excluding carboxylic acids is 1. The zero-order valence-corrected chi connectivity index (χ0v) is 13.3. The highest BCUT2D eigenvalue weighted by molar-refractivity contribution is 7.13. The third-order valence-corrected chi connectivity index (χ3v) is 4.16. The highest BCUT2D eigenvalue weighted by Crippen LogP contribution is 2.24. The van der Waals surface area contributed by atoms with Crippen LogP contribution in [0.4, 0.5) is 0 Å². The minimum absolute atomic E-state index is 0.128. The van der Waals surface area contributed by atoms with Crippen molar-refractivity contribution in [2.45, 2.75) is 20.3 Å². The topological polar surface area (TPSA) is 79.3 Å². The molecule has 0 spiro atoms. The first-order valence-corrected chi connectivity index (χ1v) is 7.84. The first kappa shape index (κ1) is 16.2. The number of rotatable bonds is 6. The molecule has 1 unspecified atom stereocenters. The molecule has 0 radical (unpaired) electrons. The third-order valence-electron chi connectivity index (χ3n) is 3.22. The summed E-state index contributed by atoms with van der Waals surface area (Å²) < 4.78 is 0. The average molecular weight is 318 g/mol. The Morgan fingerprint density at radius 1 is 1.32 bits per heavy atom. The van der Waals surface area contributed by atoms with Crippen molar-refractivity contribution in [3.63, 3.8) is 0 Å². The molecule has 1 aromatic carbocycles. The monoisotopic (exact) mass is 318 g/mol. The second-order valence-electron chi connectivity index (χ2n) is 5.23. The summed E-state index contributed by atoms with van der Waals surface area (Å²) in [6, 6.07) is 8.06. The van der Waals surface area contributed by atoms with Crippen LogP contribution in [0.3, 0.4) is 0 Å². The van der Waals surface area contributed by atoms with Crippen LogP contribution in [0.5, 0.6) is 0 Å². The summed E-state index contributed by atoms with van der Waals surface area (Å²) in [5.74, 6) is -1.73. The molecular formula is C16H18N2O3S. The number of carboxylic acids is 1. The number of hydrogen-bond donors (Lipinski definition) is 2. The molecule has 2 N–H and O–H groups in total. The van der Waals surface area contributed by atoms with Gasteiger partial charge in [0.25, 0.3) is 0 Å². The molecule has 1 amide bonds. The lowest BCUT2D eigenvalue weighted by molar-refractivity contribution is -0.141. The maximum Gasteiger partial charge on any atom is 0.308 e. The molecule has 1 heterocycles. The maximum atomic E-state index is 11.8. The fraction of sp³-hybridized carbons (Fsp3) is 0.312. The van der Waals surface area contributed by atoms with Gasteiger partial charge in [-0.2, -0.15) is 0 Å². The van der Waals surface area contributed by atoms with Crippen molar-refractivity contribution < 1.29 is 14.7 Å². The van der Waals surface area contributed by atoms with Crippen molar-refractivity contribution in [3.8, 4) is 10.6 Å². The summed E-state index contributed by atoms with van der Waals surface area (Å²) in [6.45, 7) is 3.71. The molecule has 116 valence electrons. The number of aryl methyl sites for hydroxylation is 1. The van der Waals surface area contributed by atoms with Gasteiger partial charge in [-0.3, -0.25) is 9.59 Å². The molecule has 0 aliphatic heterocycles. The summed E-state index contributed by atoms with van der Waals surface area (Å²) in [5.41, 5.74) is 2.91. The molecule has 5 nitrogen and oxygen atoms in total. The Bertz CT molecular complexity index is 664. The molecule has 2 rings (SSSR count). The third kappa shape index (κ3) is 4.39. The maximum absolute atomic E-state index is 11.8. The van der Waals surface area contributed by atoms with E-state index in [0.717, 1.165) is 10.6 Å². The van der Waals surface area contributed by atoms with Gasteiger partial charge in [0, 0.05) is 17.5 Å². The van der Waals surface area contributed by atoms with E-state index in [1.807, 2.05) is 36.6 Å². The first-order chi connectivity index (χ1) is 10.5. The molecule has 1 aromatic heterocycles. The standard InChI is InChI=1S/C16H18N2O3S/c1-10-3-5-12(6-4-10)15-18-13(9-22-15)7-14(19)17-8-11(2)16(20)21/h3-6,9,11H,7-8H2,1-2H3,(H,17,19)(H,20,21). The normalized spacial score (nSPS) is 11.9. The van der Waals surface area contributed by atoms with Crippen LogP contribution in [0.15, 0.2) is 29.6 Å². The van der Waals surface area contributed by atoms with E-state index in [9.17, 15) is 9.59 Å². The van der Waals surface area contributed by atoms with Gasteiger partial charge in [0.05, 0.1) is 18.0 Å². The summed E-state index contributed by atoms with van der Waals surface area (Å²) in [4.78, 5) is 26.9. The van der Waals surface area contributed by atoms with Crippen LogP contribution in [-0.2, 0) is 16.0 Å². The molecule has 0 aliphatic rings. The van der Waals surface area contributed by atoms with E-state index in [1.54, 1.807) is 6.92 Å². The molecule has 0 fully saturated rings. The summed E-state index contributed by atoms with van der Waals surface area (Å²) >= 11 is 1.49. The average Bonchev–Trinajstić information content (AvgIpc) is 2.93. The summed E-state index contributed by atoms with van der Waals surface area (Å²) in [5, 5.41) is 14.1. The molecule has 1 atom stereocenters. The predicted octanol–water partition coefficient (Wildman–Crippen LogP) is 2.50. The van der Waals surface area contributed by atoms with Gasteiger partial charge in [0.1, 0.15) is 5.01 Å². The lowest BCUT2D eigenvalue weighted by atomic mass is 10.1. The number of nitrogens with zero attached hydrogens (tertiary/aromatic N) is 1. The molecule has 6 heteroatoms. The zero-order valence-electron chi connectivity index (χ0n) is 12.5. The van der Waals surface area contributed by atoms with Crippen LogP contribution in [0.1, 0.15) is 18.2 Å². The van der Waals surface area contributed by atoms with Gasteiger partial charge in [-0.15, -0.1) is 11.3 Å². The fourth-order valence-corrected chi connectivity index (χ4v) is 2.62. The van der Waals surface area contributed by atoms with Gasteiger partial charge in [0.15, 0.2) is 0 Å². The van der Waals surface area contributed by atoms with Gasteiger partial charge < -0.3 is 10.4 Å². The number of nitrogens with one attached hydrogen (secondary N) is 1. The summed E-state index contributed by atoms with van der Waals surface area (Å²) in [7, 11) is 0. The van der Waals surface area contributed by atoms with Crippen molar-refractivity contribution in [2.24, 2.45) is 5.92 Å². The lowest BCUT2D eigenvalue weighted by Crippen LogP contribution is -2.32. The minimum atomic E-state index is -0.921. The van der Waals surface area contributed by atoms with E-state index in [2.05, 4.69) is 10.3 Å². The number of benzene rings is 1. The Morgan fingerprint density at radius 2 is 2.00 bits per heavy atom. The van der Waals surface area contributed by atoms with Crippen LogP contribution in [-0.4, -0.2) is 28.5 Å². The van der Waals surface area contributed by atoms with Crippen LogP contribution in [0, 0.1) is 12.8 Å². The Hall–Kier alpha value is -2.21. The van der Waals surface area contributed by atoms with Crippen LogP contribution < -0.4 is 5.32 Å². The largest absolute Gasteiger partial charge is 0.481 e. The molecule has 0 saturated carbocycles. The van der Waals surface area contributed by atoms with Crippen LogP contribution >= 0.6 is 11.3 Å². The van der Waals surface area contributed by atoms with Gasteiger partial charge in [0.2, 0.25) is 5.91 Å². The van der Waals surface area contributed by atoms with E-state index in [0.29, 0.717) is 5.69 Å². The highest BCUT2D eigenvalue weighted by atomic mass is 32.1. The Balaban J connectivity index is 1.93. The summed E-state index contributed by atoms with van der Waals surface area (Å²) in [6.07, 6.45) is 0.161. The van der Waals surface area contributed by atoms with Crippen LogP contribution in [0.25, 0.3) is 10.6 Å². The minimum Gasteiger partial charge on any atom is -0.481 e. The molecule has 0 bridgehead atoms. The smallest absolute Gasteiger partial charge is 0.308 e. The number of thiazole rings is 1. The number of aromatic nitrogens is 1. The van der Waals surface area contributed by atoms with Crippen LogP contribution in [0.2, 0.25) is 0 Å². The Morgan fingerprint density at radius 3 is 2.64 bits per heavy atom. The fourth-order valence-electron chi connectivity index (χ4n) is 1.80. The van der Waals surface area contributed by atoms with Crippen molar-refractivity contribution in [2.75, 3.05) is 6.54 Å². The molecule has 0 aliphatic carbocycles. The van der Waals surface area contributed by atoms with E-state index in [1.165, 1.54) is 16.9 Å². The first-order valence-electron chi connectivity index (χ1n) is 6.96. The van der Waals surface area contributed by atoms with Gasteiger partial charge in [-0.1, -0.05) is 36.8 Å². The lowest BCUT2D eigenvalue weighted by Gasteiger charge is -2.07. The van der Waals surface area contributed by atoms with Gasteiger partial charge >= 0.3 is 5.97 Å². The number of amides is 1. The number of aliphatic carboxylic acids is 1. The van der Waals surface area contributed by atoms with E-state index in [-0.39, 0.29) is 18.9 Å². The van der Waals surface area contributed by atoms with E-state index >= 15 is 0 Å². The van der Waals surface area contributed by atoms with E-state index < -0.39 is 11.9 Å².